The van der Waals surface area contributed by atoms with Crippen LogP contribution >= 0.6 is 11.6 Å². The second-order valence-corrected chi connectivity index (χ2v) is 4.53. The first-order valence-corrected chi connectivity index (χ1v) is 6.08. The SMILES string of the molecule is NCc1ccc(-c2c(Cl)cnc3[nH]ccc23)cc1. The first-order valence-electron chi connectivity index (χ1n) is 5.70. The van der Waals surface area contributed by atoms with E-state index < -0.39 is 0 Å². The summed E-state index contributed by atoms with van der Waals surface area (Å²) in [6.45, 7) is 0.546. The highest BCUT2D eigenvalue weighted by atomic mass is 35.5. The van der Waals surface area contributed by atoms with Crippen LogP contribution in [0.3, 0.4) is 0 Å². The fourth-order valence-electron chi connectivity index (χ4n) is 2.08. The molecule has 0 unspecified atom stereocenters. The standard InChI is InChI=1S/C14H12ClN3/c15-12-8-18-14-11(5-6-17-14)13(12)10-3-1-9(7-16)2-4-10/h1-6,8H,7,16H2,(H,17,18). The molecule has 0 atom stereocenters. The van der Waals surface area contributed by atoms with Gasteiger partial charge in [0.1, 0.15) is 5.65 Å². The largest absolute Gasteiger partial charge is 0.346 e. The second kappa shape index (κ2) is 4.44. The summed E-state index contributed by atoms with van der Waals surface area (Å²) in [7, 11) is 0. The summed E-state index contributed by atoms with van der Waals surface area (Å²) in [6, 6.07) is 10.1. The first-order chi connectivity index (χ1) is 8.79. The number of aromatic amines is 1. The van der Waals surface area contributed by atoms with E-state index in [9.17, 15) is 0 Å². The van der Waals surface area contributed by atoms with Crippen LogP contribution in [0.2, 0.25) is 5.02 Å². The maximum absolute atomic E-state index is 6.27. The van der Waals surface area contributed by atoms with Crippen molar-refractivity contribution >= 4 is 22.6 Å². The van der Waals surface area contributed by atoms with E-state index in [-0.39, 0.29) is 0 Å². The summed E-state index contributed by atoms with van der Waals surface area (Å²) in [5.74, 6) is 0. The van der Waals surface area contributed by atoms with Crippen molar-refractivity contribution in [2.75, 3.05) is 0 Å². The number of benzene rings is 1. The van der Waals surface area contributed by atoms with Crippen molar-refractivity contribution in [2.45, 2.75) is 6.54 Å². The molecule has 0 spiro atoms. The Morgan fingerprint density at radius 2 is 1.94 bits per heavy atom. The van der Waals surface area contributed by atoms with E-state index in [1.54, 1.807) is 6.20 Å². The van der Waals surface area contributed by atoms with Gasteiger partial charge in [-0.2, -0.15) is 0 Å². The summed E-state index contributed by atoms with van der Waals surface area (Å²) in [5.41, 5.74) is 9.63. The maximum atomic E-state index is 6.27. The van der Waals surface area contributed by atoms with Gasteiger partial charge in [-0.3, -0.25) is 0 Å². The highest BCUT2D eigenvalue weighted by molar-refractivity contribution is 6.34. The molecule has 0 radical (unpaired) electrons. The smallest absolute Gasteiger partial charge is 0.137 e. The molecule has 3 N–H and O–H groups in total. The van der Waals surface area contributed by atoms with E-state index in [4.69, 9.17) is 17.3 Å². The number of pyridine rings is 1. The Hall–Kier alpha value is -1.84. The Bertz CT molecular complexity index is 686. The van der Waals surface area contributed by atoms with Crippen molar-refractivity contribution < 1.29 is 0 Å². The van der Waals surface area contributed by atoms with Crippen LogP contribution in [-0.4, -0.2) is 9.97 Å². The van der Waals surface area contributed by atoms with E-state index >= 15 is 0 Å². The van der Waals surface area contributed by atoms with Crippen LogP contribution in [0.5, 0.6) is 0 Å². The summed E-state index contributed by atoms with van der Waals surface area (Å²) < 4.78 is 0. The Balaban J connectivity index is 2.23. The zero-order valence-electron chi connectivity index (χ0n) is 9.65. The number of hydrogen-bond acceptors (Lipinski definition) is 2. The maximum Gasteiger partial charge on any atom is 0.137 e. The van der Waals surface area contributed by atoms with Gasteiger partial charge >= 0.3 is 0 Å². The molecular weight excluding hydrogens is 246 g/mol. The summed E-state index contributed by atoms with van der Waals surface area (Å²) >= 11 is 6.27. The molecule has 3 aromatic rings. The fourth-order valence-corrected chi connectivity index (χ4v) is 2.34. The molecule has 90 valence electrons. The minimum atomic E-state index is 0.546. The van der Waals surface area contributed by atoms with Gasteiger partial charge in [-0.05, 0) is 17.2 Å². The van der Waals surface area contributed by atoms with Gasteiger partial charge in [0.15, 0.2) is 0 Å². The average Bonchev–Trinajstić information content (AvgIpc) is 2.87. The molecule has 0 fully saturated rings. The number of rotatable bonds is 2. The number of hydrogen-bond donors (Lipinski definition) is 2. The number of nitrogens with one attached hydrogen (secondary N) is 1. The molecular formula is C14H12ClN3. The van der Waals surface area contributed by atoms with Gasteiger partial charge in [-0.25, -0.2) is 4.98 Å². The molecule has 3 nitrogen and oxygen atoms in total. The van der Waals surface area contributed by atoms with Crippen LogP contribution in [0.15, 0.2) is 42.7 Å². The van der Waals surface area contributed by atoms with Gasteiger partial charge in [-0.15, -0.1) is 0 Å². The van der Waals surface area contributed by atoms with E-state index in [2.05, 4.69) is 9.97 Å². The molecule has 0 bridgehead atoms. The molecule has 2 aromatic heterocycles. The van der Waals surface area contributed by atoms with Crippen LogP contribution in [0, 0.1) is 0 Å². The Kier molecular flexibility index (Phi) is 2.78. The van der Waals surface area contributed by atoms with Crippen molar-refractivity contribution in [3.05, 3.63) is 53.3 Å². The molecule has 0 aliphatic carbocycles. The molecule has 3 rings (SSSR count). The highest BCUT2D eigenvalue weighted by Crippen LogP contribution is 2.33. The van der Waals surface area contributed by atoms with Crippen molar-refractivity contribution in [3.63, 3.8) is 0 Å². The van der Waals surface area contributed by atoms with E-state index in [1.165, 1.54) is 0 Å². The number of fused-ring (bicyclic) bond motifs is 1. The predicted octanol–water partition coefficient (Wildman–Crippen LogP) is 3.34. The number of H-pyrrole nitrogens is 1. The summed E-state index contributed by atoms with van der Waals surface area (Å²) in [4.78, 5) is 7.34. The third-order valence-corrected chi connectivity index (χ3v) is 3.31. The van der Waals surface area contributed by atoms with Gasteiger partial charge in [0.05, 0.1) is 5.02 Å². The molecule has 0 amide bonds. The van der Waals surface area contributed by atoms with Crippen LogP contribution in [0.25, 0.3) is 22.2 Å². The molecule has 0 saturated heterocycles. The van der Waals surface area contributed by atoms with Crippen LogP contribution in [0.1, 0.15) is 5.56 Å². The highest BCUT2D eigenvalue weighted by Gasteiger charge is 2.10. The molecule has 2 heterocycles. The topological polar surface area (TPSA) is 54.7 Å². The zero-order chi connectivity index (χ0) is 12.5. The molecule has 0 aliphatic heterocycles. The Labute approximate surface area is 110 Å². The lowest BCUT2D eigenvalue weighted by molar-refractivity contribution is 1.07. The minimum Gasteiger partial charge on any atom is -0.346 e. The van der Waals surface area contributed by atoms with Gasteiger partial charge < -0.3 is 10.7 Å². The lowest BCUT2D eigenvalue weighted by atomic mass is 10.0. The zero-order valence-corrected chi connectivity index (χ0v) is 10.4. The van der Waals surface area contributed by atoms with Crippen LogP contribution in [-0.2, 0) is 6.54 Å². The van der Waals surface area contributed by atoms with Gasteiger partial charge in [-0.1, -0.05) is 35.9 Å². The number of aromatic nitrogens is 2. The second-order valence-electron chi connectivity index (χ2n) is 4.12. The lowest BCUT2D eigenvalue weighted by Crippen LogP contribution is -1.95. The van der Waals surface area contributed by atoms with Crippen molar-refractivity contribution in [1.29, 1.82) is 0 Å². The number of nitrogens with zero attached hydrogens (tertiary/aromatic N) is 1. The van der Waals surface area contributed by atoms with Crippen molar-refractivity contribution in [2.24, 2.45) is 5.73 Å². The summed E-state index contributed by atoms with van der Waals surface area (Å²) in [5, 5.41) is 1.69. The molecule has 18 heavy (non-hydrogen) atoms. The van der Waals surface area contributed by atoms with E-state index in [1.807, 2.05) is 36.5 Å². The normalized spacial score (nSPS) is 11.0. The third-order valence-electron chi connectivity index (χ3n) is 3.02. The quantitative estimate of drug-likeness (QED) is 0.740. The molecule has 0 aliphatic rings. The van der Waals surface area contributed by atoms with Gasteiger partial charge in [0.2, 0.25) is 0 Å². The van der Waals surface area contributed by atoms with Crippen LogP contribution < -0.4 is 5.73 Å². The molecule has 0 saturated carbocycles. The first kappa shape index (κ1) is 11.3. The monoisotopic (exact) mass is 257 g/mol. The number of nitrogens with two attached hydrogens (primary N) is 1. The van der Waals surface area contributed by atoms with Gasteiger partial charge in [0.25, 0.3) is 0 Å². The lowest BCUT2D eigenvalue weighted by Gasteiger charge is -2.07. The van der Waals surface area contributed by atoms with Gasteiger partial charge in [0, 0.05) is 29.9 Å². The number of halogens is 1. The fraction of sp³-hybridized carbons (Fsp3) is 0.0714. The van der Waals surface area contributed by atoms with E-state index in [0.717, 1.165) is 27.7 Å². The average molecular weight is 258 g/mol. The third kappa shape index (κ3) is 1.78. The summed E-state index contributed by atoms with van der Waals surface area (Å²) in [6.07, 6.45) is 3.54. The Morgan fingerprint density at radius 1 is 1.17 bits per heavy atom. The molecule has 1 aromatic carbocycles. The minimum absolute atomic E-state index is 0.546. The van der Waals surface area contributed by atoms with Crippen molar-refractivity contribution in [3.8, 4) is 11.1 Å². The van der Waals surface area contributed by atoms with Crippen LogP contribution in [0.4, 0.5) is 0 Å². The van der Waals surface area contributed by atoms with E-state index in [0.29, 0.717) is 11.6 Å². The van der Waals surface area contributed by atoms with Crippen molar-refractivity contribution in [1.82, 2.24) is 9.97 Å². The Morgan fingerprint density at radius 3 is 2.67 bits per heavy atom. The predicted molar refractivity (Wildman–Crippen MR) is 74.4 cm³/mol. The molecule has 4 heteroatoms.